The van der Waals surface area contributed by atoms with Crippen molar-refractivity contribution in [1.82, 2.24) is 5.32 Å². The van der Waals surface area contributed by atoms with Crippen LogP contribution in [0.25, 0.3) is 0 Å². The first-order valence-electron chi connectivity index (χ1n) is 6.57. The van der Waals surface area contributed by atoms with E-state index in [1.807, 2.05) is 13.8 Å². The van der Waals surface area contributed by atoms with E-state index in [4.69, 9.17) is 9.84 Å². The Morgan fingerprint density at radius 1 is 1.20 bits per heavy atom. The Hall–Kier alpha value is -2.04. The molecule has 0 aliphatic carbocycles. The van der Waals surface area contributed by atoms with Gasteiger partial charge in [0, 0.05) is 6.42 Å². The molecular weight excluding hydrogens is 258 g/mol. The number of hydrogen-bond donors (Lipinski definition) is 2. The Kier molecular flexibility index (Phi) is 6.03. The minimum atomic E-state index is -0.948. The Labute approximate surface area is 118 Å². The molecule has 0 aliphatic heterocycles. The Balaban J connectivity index is 2.81. The van der Waals surface area contributed by atoms with Gasteiger partial charge in [-0.2, -0.15) is 0 Å². The van der Waals surface area contributed by atoms with Gasteiger partial charge in [-0.1, -0.05) is 26.0 Å². The minimum absolute atomic E-state index is 0.137. The summed E-state index contributed by atoms with van der Waals surface area (Å²) in [6, 6.07) is 6.51. The monoisotopic (exact) mass is 279 g/mol. The van der Waals surface area contributed by atoms with Crippen LogP contribution in [-0.2, 0) is 9.59 Å². The molecule has 0 aromatic heterocycles. The number of aliphatic carboxylic acids is 1. The molecule has 0 heterocycles. The van der Waals surface area contributed by atoms with Gasteiger partial charge in [0.25, 0.3) is 0 Å². The molecule has 0 aliphatic rings. The van der Waals surface area contributed by atoms with E-state index in [2.05, 4.69) is 5.32 Å². The number of nitrogens with one attached hydrogen (secondary N) is 1. The van der Waals surface area contributed by atoms with Crippen molar-refractivity contribution >= 4 is 11.9 Å². The first kappa shape index (κ1) is 16.0. The largest absolute Gasteiger partial charge is 0.497 e. The first-order valence-corrected chi connectivity index (χ1v) is 6.57. The van der Waals surface area contributed by atoms with Gasteiger partial charge in [0.05, 0.1) is 19.6 Å². The number of carbonyl (C=O) groups is 2. The van der Waals surface area contributed by atoms with Crippen LogP contribution in [0.3, 0.4) is 0 Å². The molecular formula is C15H21NO4. The van der Waals surface area contributed by atoms with Crippen LogP contribution in [0.2, 0.25) is 0 Å². The van der Waals surface area contributed by atoms with Gasteiger partial charge < -0.3 is 15.2 Å². The lowest BCUT2D eigenvalue weighted by atomic mass is 10.0. The predicted octanol–water partition coefficient (Wildman–Crippen LogP) is 2.37. The number of methoxy groups -OCH3 is 1. The third kappa shape index (κ3) is 5.30. The van der Waals surface area contributed by atoms with E-state index < -0.39 is 12.0 Å². The third-order valence-electron chi connectivity index (χ3n) is 2.83. The summed E-state index contributed by atoms with van der Waals surface area (Å²) in [5.74, 6) is -0.162. The van der Waals surface area contributed by atoms with Crippen LogP contribution in [0.1, 0.15) is 38.3 Å². The zero-order chi connectivity index (χ0) is 15.1. The van der Waals surface area contributed by atoms with Crippen LogP contribution in [0.15, 0.2) is 24.3 Å². The Morgan fingerprint density at radius 3 is 2.25 bits per heavy atom. The van der Waals surface area contributed by atoms with Gasteiger partial charge in [-0.15, -0.1) is 0 Å². The fourth-order valence-electron chi connectivity index (χ4n) is 1.89. The van der Waals surface area contributed by atoms with Gasteiger partial charge in [-0.25, -0.2) is 0 Å². The average molecular weight is 279 g/mol. The molecule has 1 aromatic rings. The number of amides is 1. The van der Waals surface area contributed by atoms with E-state index in [1.165, 1.54) is 0 Å². The van der Waals surface area contributed by atoms with Crippen LogP contribution < -0.4 is 10.1 Å². The van der Waals surface area contributed by atoms with Crippen molar-refractivity contribution < 1.29 is 19.4 Å². The molecule has 0 saturated heterocycles. The van der Waals surface area contributed by atoms with Gasteiger partial charge in [0.15, 0.2) is 0 Å². The van der Waals surface area contributed by atoms with Gasteiger partial charge in [0.2, 0.25) is 5.91 Å². The standard InChI is InChI=1S/C15H21NO4/c1-10(2)8-14(17)16-13(9-15(18)19)11-4-6-12(20-3)7-5-11/h4-7,10,13H,8-9H2,1-3H3,(H,16,17)(H,18,19)/t13-/m1/s1. The van der Waals surface area contributed by atoms with Crippen molar-refractivity contribution in [2.24, 2.45) is 5.92 Å². The van der Waals surface area contributed by atoms with E-state index in [9.17, 15) is 9.59 Å². The molecule has 0 fully saturated rings. The molecule has 2 N–H and O–H groups in total. The maximum Gasteiger partial charge on any atom is 0.305 e. The van der Waals surface area contributed by atoms with E-state index in [-0.39, 0.29) is 18.2 Å². The summed E-state index contributed by atoms with van der Waals surface area (Å²) in [7, 11) is 1.56. The lowest BCUT2D eigenvalue weighted by Crippen LogP contribution is -2.30. The Bertz CT molecular complexity index is 453. The summed E-state index contributed by atoms with van der Waals surface area (Å²) in [4.78, 5) is 22.7. The molecule has 0 radical (unpaired) electrons. The summed E-state index contributed by atoms with van der Waals surface area (Å²) < 4.78 is 5.06. The fourth-order valence-corrected chi connectivity index (χ4v) is 1.89. The molecule has 1 aromatic carbocycles. The molecule has 1 atom stereocenters. The molecule has 0 spiro atoms. The molecule has 0 bridgehead atoms. The van der Waals surface area contributed by atoms with Crippen LogP contribution in [0, 0.1) is 5.92 Å². The van der Waals surface area contributed by atoms with Crippen LogP contribution in [0.5, 0.6) is 5.75 Å². The molecule has 1 amide bonds. The highest BCUT2D eigenvalue weighted by molar-refractivity contribution is 5.77. The molecule has 0 unspecified atom stereocenters. The van der Waals surface area contributed by atoms with E-state index in [1.54, 1.807) is 31.4 Å². The summed E-state index contributed by atoms with van der Waals surface area (Å²) >= 11 is 0. The maximum atomic E-state index is 11.8. The maximum absolute atomic E-state index is 11.8. The predicted molar refractivity (Wildman–Crippen MR) is 75.6 cm³/mol. The number of benzene rings is 1. The van der Waals surface area contributed by atoms with Crippen molar-refractivity contribution in [1.29, 1.82) is 0 Å². The Morgan fingerprint density at radius 2 is 1.80 bits per heavy atom. The van der Waals surface area contributed by atoms with Gasteiger partial charge in [-0.05, 0) is 23.6 Å². The van der Waals surface area contributed by atoms with Crippen molar-refractivity contribution in [2.75, 3.05) is 7.11 Å². The van der Waals surface area contributed by atoms with Crippen LogP contribution in [-0.4, -0.2) is 24.1 Å². The molecule has 5 nitrogen and oxygen atoms in total. The van der Waals surface area contributed by atoms with Crippen molar-refractivity contribution in [2.45, 2.75) is 32.7 Å². The van der Waals surface area contributed by atoms with Gasteiger partial charge >= 0.3 is 5.97 Å². The van der Waals surface area contributed by atoms with Crippen molar-refractivity contribution in [3.05, 3.63) is 29.8 Å². The van der Waals surface area contributed by atoms with E-state index in [0.717, 1.165) is 5.56 Å². The lowest BCUT2D eigenvalue weighted by Gasteiger charge is -2.18. The molecule has 1 rings (SSSR count). The topological polar surface area (TPSA) is 75.6 Å². The minimum Gasteiger partial charge on any atom is -0.497 e. The second-order valence-electron chi connectivity index (χ2n) is 5.09. The molecule has 5 heteroatoms. The summed E-state index contributed by atoms with van der Waals surface area (Å²) in [5.41, 5.74) is 0.755. The second-order valence-corrected chi connectivity index (χ2v) is 5.09. The number of carboxylic acids is 1. The van der Waals surface area contributed by atoms with Gasteiger partial charge in [0.1, 0.15) is 5.75 Å². The highest BCUT2D eigenvalue weighted by atomic mass is 16.5. The summed E-state index contributed by atoms with van der Waals surface area (Å²) in [6.07, 6.45) is 0.239. The number of rotatable bonds is 7. The quantitative estimate of drug-likeness (QED) is 0.803. The highest BCUT2D eigenvalue weighted by Gasteiger charge is 2.18. The van der Waals surface area contributed by atoms with Crippen LogP contribution >= 0.6 is 0 Å². The lowest BCUT2D eigenvalue weighted by molar-refractivity contribution is -0.137. The summed E-state index contributed by atoms with van der Waals surface area (Å²) in [5, 5.41) is 11.7. The molecule has 0 saturated carbocycles. The average Bonchev–Trinajstić information content (AvgIpc) is 2.36. The summed E-state index contributed by atoms with van der Waals surface area (Å²) in [6.45, 7) is 3.89. The number of ether oxygens (including phenoxy) is 1. The number of carbonyl (C=O) groups excluding carboxylic acids is 1. The van der Waals surface area contributed by atoms with Crippen molar-refractivity contribution in [3.8, 4) is 5.75 Å². The zero-order valence-corrected chi connectivity index (χ0v) is 12.1. The molecule has 20 heavy (non-hydrogen) atoms. The fraction of sp³-hybridized carbons (Fsp3) is 0.467. The van der Waals surface area contributed by atoms with Crippen molar-refractivity contribution in [3.63, 3.8) is 0 Å². The SMILES string of the molecule is COc1ccc([C@@H](CC(=O)O)NC(=O)CC(C)C)cc1. The highest BCUT2D eigenvalue weighted by Crippen LogP contribution is 2.20. The zero-order valence-electron chi connectivity index (χ0n) is 12.1. The molecule has 110 valence electrons. The third-order valence-corrected chi connectivity index (χ3v) is 2.83. The van der Waals surface area contributed by atoms with E-state index >= 15 is 0 Å². The van der Waals surface area contributed by atoms with E-state index in [0.29, 0.717) is 12.2 Å². The second kappa shape index (κ2) is 7.53. The van der Waals surface area contributed by atoms with Gasteiger partial charge in [-0.3, -0.25) is 9.59 Å². The number of hydrogen-bond acceptors (Lipinski definition) is 3. The first-order chi connectivity index (χ1) is 9.42. The normalized spacial score (nSPS) is 12.0. The number of carboxylic acid groups (broad SMARTS) is 1. The van der Waals surface area contributed by atoms with Crippen LogP contribution in [0.4, 0.5) is 0 Å². The smallest absolute Gasteiger partial charge is 0.305 e.